The first-order valence-electron chi connectivity index (χ1n) is 5.80. The van der Waals surface area contributed by atoms with E-state index in [9.17, 15) is 4.39 Å². The summed E-state index contributed by atoms with van der Waals surface area (Å²) in [5.74, 6) is 0.270. The predicted octanol–water partition coefficient (Wildman–Crippen LogP) is 4.26. The Morgan fingerprint density at radius 1 is 1.18 bits per heavy atom. The molecule has 2 N–H and O–H groups in total. The SMILES string of the molecule is CC(C)c1c(F)cc2nc(N)sc2c1C(C)C. The molecule has 0 amide bonds. The molecule has 0 fully saturated rings. The van der Waals surface area contributed by atoms with E-state index in [4.69, 9.17) is 5.73 Å². The van der Waals surface area contributed by atoms with Crippen molar-refractivity contribution in [1.29, 1.82) is 0 Å². The van der Waals surface area contributed by atoms with Gasteiger partial charge in [0.1, 0.15) is 5.82 Å². The van der Waals surface area contributed by atoms with Gasteiger partial charge in [0.15, 0.2) is 5.13 Å². The average molecular weight is 252 g/mol. The molecule has 0 unspecified atom stereocenters. The van der Waals surface area contributed by atoms with E-state index in [0.717, 1.165) is 15.8 Å². The maximum absolute atomic E-state index is 14.1. The number of aromatic nitrogens is 1. The molecule has 2 rings (SSSR count). The molecule has 92 valence electrons. The van der Waals surface area contributed by atoms with Crippen LogP contribution in [0.15, 0.2) is 6.07 Å². The standard InChI is InChI=1S/C13H17FN2S/c1-6(2)10-8(14)5-9-12(11(10)7(3)4)17-13(15)16-9/h5-7H,1-4H3,(H2,15,16). The number of benzene rings is 1. The van der Waals surface area contributed by atoms with E-state index >= 15 is 0 Å². The van der Waals surface area contributed by atoms with Crippen LogP contribution in [0.1, 0.15) is 50.7 Å². The van der Waals surface area contributed by atoms with Crippen LogP contribution in [0, 0.1) is 5.82 Å². The normalized spacial score (nSPS) is 11.9. The second-order valence-electron chi connectivity index (χ2n) is 4.90. The van der Waals surface area contributed by atoms with E-state index in [1.807, 2.05) is 13.8 Å². The molecule has 0 aliphatic heterocycles. The Morgan fingerprint density at radius 2 is 1.76 bits per heavy atom. The van der Waals surface area contributed by atoms with Crippen molar-refractivity contribution in [1.82, 2.24) is 4.98 Å². The molecule has 1 aromatic carbocycles. The average Bonchev–Trinajstić information content (AvgIpc) is 2.54. The molecule has 2 aromatic rings. The van der Waals surface area contributed by atoms with Crippen molar-refractivity contribution in [2.45, 2.75) is 39.5 Å². The lowest BCUT2D eigenvalue weighted by Crippen LogP contribution is -2.02. The van der Waals surface area contributed by atoms with Crippen LogP contribution in [0.2, 0.25) is 0 Å². The summed E-state index contributed by atoms with van der Waals surface area (Å²) in [4.78, 5) is 4.17. The molecule has 1 aromatic heterocycles. The van der Waals surface area contributed by atoms with Gasteiger partial charge in [0.25, 0.3) is 0 Å². The fraction of sp³-hybridized carbons (Fsp3) is 0.462. The number of nitrogen functional groups attached to an aromatic ring is 1. The van der Waals surface area contributed by atoms with Crippen molar-refractivity contribution < 1.29 is 4.39 Å². The first-order valence-corrected chi connectivity index (χ1v) is 6.61. The lowest BCUT2D eigenvalue weighted by molar-refractivity contribution is 0.592. The highest BCUT2D eigenvalue weighted by Crippen LogP contribution is 2.38. The fourth-order valence-corrected chi connectivity index (χ4v) is 3.27. The van der Waals surface area contributed by atoms with Crippen LogP contribution in [0.4, 0.5) is 9.52 Å². The molecule has 17 heavy (non-hydrogen) atoms. The lowest BCUT2D eigenvalue weighted by atomic mass is 9.90. The first-order chi connectivity index (χ1) is 7.91. The Kier molecular flexibility index (Phi) is 3.08. The largest absolute Gasteiger partial charge is 0.375 e. The Balaban J connectivity index is 2.87. The van der Waals surface area contributed by atoms with Crippen molar-refractivity contribution in [2.24, 2.45) is 0 Å². The Morgan fingerprint density at radius 3 is 2.29 bits per heavy atom. The van der Waals surface area contributed by atoms with Crippen molar-refractivity contribution in [2.75, 3.05) is 5.73 Å². The topological polar surface area (TPSA) is 38.9 Å². The number of hydrogen-bond donors (Lipinski definition) is 1. The molecule has 2 nitrogen and oxygen atoms in total. The van der Waals surface area contributed by atoms with Gasteiger partial charge >= 0.3 is 0 Å². The van der Waals surface area contributed by atoms with Crippen LogP contribution < -0.4 is 5.73 Å². The molecule has 0 spiro atoms. The third-order valence-corrected chi connectivity index (χ3v) is 3.81. The summed E-state index contributed by atoms with van der Waals surface area (Å²) in [6.07, 6.45) is 0. The minimum atomic E-state index is -0.165. The number of nitrogens with zero attached hydrogens (tertiary/aromatic N) is 1. The first kappa shape index (κ1) is 12.3. The number of anilines is 1. The van der Waals surface area contributed by atoms with Gasteiger partial charge in [0.2, 0.25) is 0 Å². The van der Waals surface area contributed by atoms with Crippen LogP contribution in [-0.4, -0.2) is 4.98 Å². The molecule has 0 saturated heterocycles. The monoisotopic (exact) mass is 252 g/mol. The molecule has 0 aliphatic rings. The summed E-state index contributed by atoms with van der Waals surface area (Å²) >= 11 is 1.45. The molecule has 0 radical (unpaired) electrons. The molecule has 0 saturated carbocycles. The molecular weight excluding hydrogens is 235 g/mol. The smallest absolute Gasteiger partial charge is 0.181 e. The molecular formula is C13H17FN2S. The lowest BCUT2D eigenvalue weighted by Gasteiger charge is -2.17. The number of thiazole rings is 1. The van der Waals surface area contributed by atoms with Crippen molar-refractivity contribution >= 4 is 26.7 Å². The fourth-order valence-electron chi connectivity index (χ4n) is 2.25. The number of hydrogen-bond acceptors (Lipinski definition) is 3. The number of halogens is 1. The van der Waals surface area contributed by atoms with Crippen LogP contribution in [0.5, 0.6) is 0 Å². The van der Waals surface area contributed by atoms with Gasteiger partial charge in [-0.05, 0) is 23.0 Å². The van der Waals surface area contributed by atoms with E-state index < -0.39 is 0 Å². The summed E-state index contributed by atoms with van der Waals surface area (Å²) in [7, 11) is 0. The molecule has 0 atom stereocenters. The number of nitrogens with two attached hydrogens (primary N) is 1. The third kappa shape index (κ3) is 2.02. The van der Waals surface area contributed by atoms with Gasteiger partial charge in [-0.25, -0.2) is 9.37 Å². The van der Waals surface area contributed by atoms with E-state index in [-0.39, 0.29) is 17.7 Å². The van der Waals surface area contributed by atoms with Gasteiger partial charge < -0.3 is 5.73 Å². The molecule has 1 heterocycles. The van der Waals surface area contributed by atoms with Crippen molar-refractivity contribution in [3.8, 4) is 0 Å². The zero-order valence-electron chi connectivity index (χ0n) is 10.5. The van der Waals surface area contributed by atoms with Gasteiger partial charge in [0, 0.05) is 6.07 Å². The van der Waals surface area contributed by atoms with Gasteiger partial charge in [-0.15, -0.1) is 0 Å². The Labute approximate surface area is 105 Å². The maximum Gasteiger partial charge on any atom is 0.181 e. The number of fused-ring (bicyclic) bond motifs is 1. The highest BCUT2D eigenvalue weighted by atomic mass is 32.1. The quantitative estimate of drug-likeness (QED) is 0.867. The summed E-state index contributed by atoms with van der Waals surface area (Å²) in [5, 5.41) is 0.502. The second kappa shape index (κ2) is 4.26. The molecule has 0 aliphatic carbocycles. The Bertz CT molecular complexity index is 558. The summed E-state index contributed by atoms with van der Waals surface area (Å²) in [5.41, 5.74) is 8.26. The van der Waals surface area contributed by atoms with Crippen LogP contribution in [0.3, 0.4) is 0 Å². The highest BCUT2D eigenvalue weighted by molar-refractivity contribution is 7.22. The summed E-state index contributed by atoms with van der Waals surface area (Å²) in [6, 6.07) is 1.50. The van der Waals surface area contributed by atoms with E-state index in [1.54, 1.807) is 0 Å². The van der Waals surface area contributed by atoms with Gasteiger partial charge in [-0.3, -0.25) is 0 Å². The zero-order valence-corrected chi connectivity index (χ0v) is 11.4. The minimum absolute atomic E-state index is 0.165. The Hall–Kier alpha value is -1.16. The molecule has 4 heteroatoms. The predicted molar refractivity (Wildman–Crippen MR) is 72.2 cm³/mol. The van der Waals surface area contributed by atoms with Crippen molar-refractivity contribution in [3.63, 3.8) is 0 Å². The maximum atomic E-state index is 14.1. The van der Waals surface area contributed by atoms with E-state index in [0.29, 0.717) is 10.6 Å². The van der Waals surface area contributed by atoms with Gasteiger partial charge in [-0.1, -0.05) is 39.0 Å². The molecule has 0 bridgehead atoms. The second-order valence-corrected chi connectivity index (χ2v) is 5.93. The van der Waals surface area contributed by atoms with E-state index in [1.165, 1.54) is 17.4 Å². The summed E-state index contributed by atoms with van der Waals surface area (Å²) in [6.45, 7) is 8.19. The number of rotatable bonds is 2. The van der Waals surface area contributed by atoms with Crippen molar-refractivity contribution in [3.05, 3.63) is 23.0 Å². The summed E-state index contributed by atoms with van der Waals surface area (Å²) < 4.78 is 15.2. The van der Waals surface area contributed by atoms with E-state index in [2.05, 4.69) is 18.8 Å². The van der Waals surface area contributed by atoms with Crippen LogP contribution >= 0.6 is 11.3 Å². The van der Waals surface area contributed by atoms with Crippen LogP contribution in [-0.2, 0) is 0 Å². The van der Waals surface area contributed by atoms with Gasteiger partial charge in [0.05, 0.1) is 10.2 Å². The minimum Gasteiger partial charge on any atom is -0.375 e. The third-order valence-electron chi connectivity index (χ3n) is 2.88. The van der Waals surface area contributed by atoms with Gasteiger partial charge in [-0.2, -0.15) is 0 Å². The highest BCUT2D eigenvalue weighted by Gasteiger charge is 2.20. The van der Waals surface area contributed by atoms with Crippen LogP contribution in [0.25, 0.3) is 10.2 Å². The zero-order chi connectivity index (χ0) is 12.7.